The third-order valence-electron chi connectivity index (χ3n) is 4.05. The average Bonchev–Trinajstić information content (AvgIpc) is 2.81. The molecule has 0 bridgehead atoms. The van der Waals surface area contributed by atoms with Gasteiger partial charge in [-0.1, -0.05) is 12.8 Å². The van der Waals surface area contributed by atoms with Gasteiger partial charge in [-0.2, -0.15) is 0 Å². The molecule has 17 heavy (non-hydrogen) atoms. The van der Waals surface area contributed by atoms with Crippen molar-refractivity contribution in [3.05, 3.63) is 0 Å². The van der Waals surface area contributed by atoms with Crippen LogP contribution in [0.15, 0.2) is 0 Å². The minimum atomic E-state index is -3.03. The van der Waals surface area contributed by atoms with Crippen LogP contribution in [0.3, 0.4) is 0 Å². The summed E-state index contributed by atoms with van der Waals surface area (Å²) in [5.74, 6) is 0.365. The molecule has 1 aliphatic heterocycles. The molecule has 1 saturated heterocycles. The van der Waals surface area contributed by atoms with Crippen LogP contribution in [0.5, 0.6) is 0 Å². The van der Waals surface area contributed by atoms with Crippen LogP contribution in [0.25, 0.3) is 0 Å². The lowest BCUT2D eigenvalue weighted by Crippen LogP contribution is -2.40. The number of hydrogen-bond acceptors (Lipinski definition) is 4. The van der Waals surface area contributed by atoms with Crippen LogP contribution in [-0.2, 0) is 14.6 Å². The van der Waals surface area contributed by atoms with Gasteiger partial charge in [0.2, 0.25) is 0 Å². The Morgan fingerprint density at radius 2 is 1.88 bits per heavy atom. The van der Waals surface area contributed by atoms with Crippen molar-refractivity contribution in [3.63, 3.8) is 0 Å². The van der Waals surface area contributed by atoms with E-state index >= 15 is 0 Å². The maximum atomic E-state index is 12.4. The summed E-state index contributed by atoms with van der Waals surface area (Å²) in [6, 6.07) is 0. The lowest BCUT2D eigenvalue weighted by atomic mass is 9.89. The molecule has 2 aliphatic rings. The molecule has 0 spiro atoms. The molecule has 4 nitrogen and oxygen atoms in total. The Bertz CT molecular complexity index is 336. The zero-order valence-corrected chi connectivity index (χ0v) is 11.1. The Labute approximate surface area is 104 Å². The van der Waals surface area contributed by atoms with E-state index in [1.165, 1.54) is 0 Å². The first-order valence-corrected chi connectivity index (χ1v) is 8.38. The largest absolute Gasteiger partial charge is 0.377 e. The summed E-state index contributed by atoms with van der Waals surface area (Å²) in [7, 11) is -3.03. The highest BCUT2D eigenvalue weighted by Gasteiger charge is 2.36. The van der Waals surface area contributed by atoms with Crippen molar-refractivity contribution in [1.82, 2.24) is 0 Å². The molecule has 0 aromatic heterocycles. The quantitative estimate of drug-likeness (QED) is 0.822. The molecule has 0 aromatic carbocycles. The first-order chi connectivity index (χ1) is 8.13. The summed E-state index contributed by atoms with van der Waals surface area (Å²) in [6.07, 6.45) is 5.70. The van der Waals surface area contributed by atoms with Gasteiger partial charge in [-0.25, -0.2) is 8.42 Å². The van der Waals surface area contributed by atoms with E-state index in [4.69, 9.17) is 10.5 Å². The van der Waals surface area contributed by atoms with Crippen molar-refractivity contribution < 1.29 is 13.2 Å². The maximum Gasteiger partial charge on any atom is 0.156 e. The highest BCUT2D eigenvalue weighted by molar-refractivity contribution is 7.92. The van der Waals surface area contributed by atoms with Gasteiger partial charge < -0.3 is 10.5 Å². The fourth-order valence-electron chi connectivity index (χ4n) is 3.07. The van der Waals surface area contributed by atoms with Crippen molar-refractivity contribution in [3.8, 4) is 0 Å². The van der Waals surface area contributed by atoms with Crippen LogP contribution in [0.2, 0.25) is 0 Å². The summed E-state index contributed by atoms with van der Waals surface area (Å²) in [6.45, 7) is 1.21. The fourth-order valence-corrected chi connectivity index (χ4v) is 5.46. The molecule has 1 saturated carbocycles. The first kappa shape index (κ1) is 13.3. The van der Waals surface area contributed by atoms with E-state index in [1.807, 2.05) is 0 Å². The molecular formula is C12H23NO3S. The average molecular weight is 261 g/mol. The van der Waals surface area contributed by atoms with Gasteiger partial charge in [-0.15, -0.1) is 0 Å². The normalized spacial score (nSPS) is 35.0. The van der Waals surface area contributed by atoms with Crippen LogP contribution in [0, 0.1) is 5.92 Å². The number of nitrogens with two attached hydrogens (primary N) is 1. The molecule has 1 aliphatic carbocycles. The van der Waals surface area contributed by atoms with Crippen LogP contribution >= 0.6 is 0 Å². The van der Waals surface area contributed by atoms with E-state index in [9.17, 15) is 8.42 Å². The van der Waals surface area contributed by atoms with Gasteiger partial charge in [0, 0.05) is 6.61 Å². The van der Waals surface area contributed by atoms with E-state index in [2.05, 4.69) is 0 Å². The Hall–Kier alpha value is -0.130. The molecule has 2 N–H and O–H groups in total. The van der Waals surface area contributed by atoms with Gasteiger partial charge in [0.15, 0.2) is 9.84 Å². The molecule has 5 heteroatoms. The predicted octanol–water partition coefficient (Wildman–Crippen LogP) is 1.10. The summed E-state index contributed by atoms with van der Waals surface area (Å²) >= 11 is 0. The van der Waals surface area contributed by atoms with Gasteiger partial charge in [-0.05, 0) is 38.1 Å². The molecule has 3 atom stereocenters. The minimum Gasteiger partial charge on any atom is -0.377 e. The molecule has 0 radical (unpaired) electrons. The molecule has 1 heterocycles. The summed E-state index contributed by atoms with van der Waals surface area (Å²) in [4.78, 5) is 0. The number of sulfone groups is 1. The fraction of sp³-hybridized carbons (Fsp3) is 1.00. The molecule has 100 valence electrons. The number of rotatable bonds is 4. The number of ether oxygens (including phenoxy) is 1. The van der Waals surface area contributed by atoms with Gasteiger partial charge in [0.25, 0.3) is 0 Å². The van der Waals surface area contributed by atoms with Crippen LogP contribution in [-0.4, -0.2) is 38.7 Å². The molecule has 0 amide bonds. The van der Waals surface area contributed by atoms with E-state index in [0.29, 0.717) is 13.2 Å². The standard InChI is InChI=1S/C12H23NO3S/c13-8-10-4-1-2-6-12(10)17(14,15)9-11-5-3-7-16-11/h10-12H,1-9,13H2. The third-order valence-corrected chi connectivity index (χ3v) is 6.43. The molecule has 3 unspecified atom stereocenters. The van der Waals surface area contributed by atoms with Crippen molar-refractivity contribution in [2.75, 3.05) is 18.9 Å². The summed E-state index contributed by atoms with van der Waals surface area (Å²) in [5.41, 5.74) is 5.70. The summed E-state index contributed by atoms with van der Waals surface area (Å²) in [5, 5.41) is -0.217. The van der Waals surface area contributed by atoms with E-state index in [-0.39, 0.29) is 23.0 Å². The SMILES string of the molecule is NCC1CCCCC1S(=O)(=O)CC1CCCO1. The monoisotopic (exact) mass is 261 g/mol. The lowest BCUT2D eigenvalue weighted by Gasteiger charge is -2.30. The minimum absolute atomic E-state index is 0.0691. The van der Waals surface area contributed by atoms with Crippen LogP contribution in [0.4, 0.5) is 0 Å². The molecular weight excluding hydrogens is 238 g/mol. The third kappa shape index (κ3) is 3.20. The smallest absolute Gasteiger partial charge is 0.156 e. The second-order valence-electron chi connectivity index (χ2n) is 5.28. The second kappa shape index (κ2) is 5.67. The van der Waals surface area contributed by atoms with Gasteiger partial charge in [-0.3, -0.25) is 0 Å². The van der Waals surface area contributed by atoms with Crippen molar-refractivity contribution in [2.45, 2.75) is 49.9 Å². The molecule has 2 fully saturated rings. The predicted molar refractivity (Wildman–Crippen MR) is 67.6 cm³/mol. The Kier molecular flexibility index (Phi) is 4.44. The Morgan fingerprint density at radius 1 is 1.12 bits per heavy atom. The van der Waals surface area contributed by atoms with Crippen molar-refractivity contribution >= 4 is 9.84 Å². The van der Waals surface area contributed by atoms with Gasteiger partial charge in [0.05, 0.1) is 17.1 Å². The topological polar surface area (TPSA) is 69.4 Å². The van der Waals surface area contributed by atoms with Gasteiger partial charge in [0.1, 0.15) is 0 Å². The van der Waals surface area contributed by atoms with Gasteiger partial charge >= 0.3 is 0 Å². The first-order valence-electron chi connectivity index (χ1n) is 6.66. The molecule has 0 aromatic rings. The Morgan fingerprint density at radius 3 is 2.53 bits per heavy atom. The van der Waals surface area contributed by atoms with Crippen molar-refractivity contribution in [2.24, 2.45) is 11.7 Å². The van der Waals surface area contributed by atoms with Crippen LogP contribution < -0.4 is 5.73 Å². The lowest BCUT2D eigenvalue weighted by molar-refractivity contribution is 0.127. The maximum absolute atomic E-state index is 12.4. The number of hydrogen-bond donors (Lipinski definition) is 1. The summed E-state index contributed by atoms with van der Waals surface area (Å²) < 4.78 is 30.2. The van der Waals surface area contributed by atoms with Crippen molar-refractivity contribution in [1.29, 1.82) is 0 Å². The Balaban J connectivity index is 2.01. The van der Waals surface area contributed by atoms with E-state index in [1.54, 1.807) is 0 Å². The molecule has 2 rings (SSSR count). The van der Waals surface area contributed by atoms with E-state index < -0.39 is 9.84 Å². The van der Waals surface area contributed by atoms with E-state index in [0.717, 1.165) is 38.5 Å². The second-order valence-corrected chi connectivity index (χ2v) is 7.55. The highest BCUT2D eigenvalue weighted by atomic mass is 32.2. The zero-order valence-electron chi connectivity index (χ0n) is 10.3. The van der Waals surface area contributed by atoms with Crippen LogP contribution in [0.1, 0.15) is 38.5 Å². The zero-order chi connectivity index (χ0) is 12.3. The highest BCUT2D eigenvalue weighted by Crippen LogP contribution is 2.30.